The first-order chi connectivity index (χ1) is 10.6. The molecule has 1 aromatic heterocycles. The molecule has 0 radical (unpaired) electrons. The summed E-state index contributed by atoms with van der Waals surface area (Å²) >= 11 is 0. The summed E-state index contributed by atoms with van der Waals surface area (Å²) in [4.78, 5) is 14.9. The molecule has 2 aromatic rings. The standard InChI is InChI=1S/C16H16N2O4/c1-21-13-8-6-11(7-9-16(19)20)10-12(13)17-14-4-3-5-15(18-14)22-2/h3-10H,1-2H3,(H,17,18)(H,19,20). The lowest BCUT2D eigenvalue weighted by Crippen LogP contribution is -1.98. The maximum atomic E-state index is 10.6. The Labute approximate surface area is 128 Å². The maximum Gasteiger partial charge on any atom is 0.328 e. The zero-order chi connectivity index (χ0) is 15.9. The molecular weight excluding hydrogens is 284 g/mol. The number of methoxy groups -OCH3 is 2. The van der Waals surface area contributed by atoms with Gasteiger partial charge in [0, 0.05) is 12.1 Å². The van der Waals surface area contributed by atoms with Crippen LogP contribution in [-0.2, 0) is 4.79 Å². The van der Waals surface area contributed by atoms with E-state index in [4.69, 9.17) is 14.6 Å². The molecule has 0 atom stereocenters. The van der Waals surface area contributed by atoms with Crippen molar-refractivity contribution in [3.8, 4) is 11.6 Å². The Kier molecular flexibility index (Phi) is 4.98. The van der Waals surface area contributed by atoms with Crippen LogP contribution < -0.4 is 14.8 Å². The molecule has 0 fully saturated rings. The summed E-state index contributed by atoms with van der Waals surface area (Å²) in [5.41, 5.74) is 1.41. The number of aromatic nitrogens is 1. The molecule has 0 amide bonds. The highest BCUT2D eigenvalue weighted by molar-refractivity contribution is 5.85. The van der Waals surface area contributed by atoms with Gasteiger partial charge in [-0.25, -0.2) is 4.79 Å². The molecule has 2 N–H and O–H groups in total. The number of rotatable bonds is 6. The first-order valence-electron chi connectivity index (χ1n) is 6.49. The minimum atomic E-state index is -1.00. The molecule has 0 unspecified atom stereocenters. The number of carboxylic acids is 1. The van der Waals surface area contributed by atoms with Gasteiger partial charge in [0.25, 0.3) is 0 Å². The quantitative estimate of drug-likeness (QED) is 0.798. The summed E-state index contributed by atoms with van der Waals surface area (Å²) in [7, 11) is 3.11. The number of anilines is 2. The minimum Gasteiger partial charge on any atom is -0.495 e. The van der Waals surface area contributed by atoms with E-state index < -0.39 is 5.97 Å². The van der Waals surface area contributed by atoms with Crippen molar-refractivity contribution in [2.75, 3.05) is 19.5 Å². The fraction of sp³-hybridized carbons (Fsp3) is 0.125. The largest absolute Gasteiger partial charge is 0.495 e. The molecule has 2 rings (SSSR count). The zero-order valence-corrected chi connectivity index (χ0v) is 12.2. The molecular formula is C16H16N2O4. The molecule has 6 heteroatoms. The molecule has 0 bridgehead atoms. The van der Waals surface area contributed by atoms with Gasteiger partial charge in [-0.05, 0) is 29.8 Å². The molecule has 6 nitrogen and oxygen atoms in total. The maximum absolute atomic E-state index is 10.6. The van der Waals surface area contributed by atoms with Crippen LogP contribution in [0, 0.1) is 0 Å². The van der Waals surface area contributed by atoms with Gasteiger partial charge in [-0.15, -0.1) is 0 Å². The normalized spacial score (nSPS) is 10.5. The van der Waals surface area contributed by atoms with Crippen molar-refractivity contribution in [1.29, 1.82) is 0 Å². The number of nitrogens with zero attached hydrogens (tertiary/aromatic N) is 1. The number of nitrogens with one attached hydrogen (secondary N) is 1. The summed E-state index contributed by atoms with van der Waals surface area (Å²) < 4.78 is 10.4. The van der Waals surface area contributed by atoms with E-state index in [0.29, 0.717) is 23.1 Å². The predicted octanol–water partition coefficient (Wildman–Crippen LogP) is 2.94. The highest BCUT2D eigenvalue weighted by atomic mass is 16.5. The van der Waals surface area contributed by atoms with Gasteiger partial charge >= 0.3 is 5.97 Å². The predicted molar refractivity (Wildman–Crippen MR) is 83.7 cm³/mol. The molecule has 1 aromatic carbocycles. The van der Waals surface area contributed by atoms with Crippen LogP contribution in [0.15, 0.2) is 42.5 Å². The zero-order valence-electron chi connectivity index (χ0n) is 12.2. The summed E-state index contributed by atoms with van der Waals surface area (Å²) in [5.74, 6) is 0.708. The summed E-state index contributed by atoms with van der Waals surface area (Å²) in [6.07, 6.45) is 2.58. The van der Waals surface area contributed by atoms with Gasteiger partial charge in [0.15, 0.2) is 0 Å². The third-order valence-corrected chi connectivity index (χ3v) is 2.84. The molecule has 114 valence electrons. The van der Waals surface area contributed by atoms with E-state index in [1.807, 2.05) is 6.07 Å². The molecule has 0 saturated heterocycles. The van der Waals surface area contributed by atoms with Crippen LogP contribution >= 0.6 is 0 Å². The lowest BCUT2D eigenvalue weighted by atomic mass is 10.1. The van der Waals surface area contributed by atoms with Crippen molar-refractivity contribution in [3.63, 3.8) is 0 Å². The number of aliphatic carboxylic acids is 1. The Hall–Kier alpha value is -3.02. The first-order valence-corrected chi connectivity index (χ1v) is 6.49. The van der Waals surface area contributed by atoms with E-state index in [9.17, 15) is 4.79 Å². The molecule has 0 spiro atoms. The van der Waals surface area contributed by atoms with Crippen LogP contribution in [0.25, 0.3) is 6.08 Å². The Bertz CT molecular complexity index is 698. The van der Waals surface area contributed by atoms with Crippen LogP contribution in [0.4, 0.5) is 11.5 Å². The number of pyridine rings is 1. The molecule has 22 heavy (non-hydrogen) atoms. The number of carboxylic acid groups (broad SMARTS) is 1. The number of benzene rings is 1. The Balaban J connectivity index is 2.31. The topological polar surface area (TPSA) is 80.7 Å². The lowest BCUT2D eigenvalue weighted by molar-refractivity contribution is -0.131. The van der Waals surface area contributed by atoms with E-state index in [-0.39, 0.29) is 0 Å². The summed E-state index contributed by atoms with van der Waals surface area (Å²) in [5, 5.41) is 11.8. The number of hydrogen-bond acceptors (Lipinski definition) is 5. The van der Waals surface area contributed by atoms with Gasteiger partial charge in [0.05, 0.1) is 19.9 Å². The van der Waals surface area contributed by atoms with E-state index in [0.717, 1.165) is 11.6 Å². The second-order valence-corrected chi connectivity index (χ2v) is 4.32. The van der Waals surface area contributed by atoms with Crippen LogP contribution in [0.2, 0.25) is 0 Å². The Morgan fingerprint density at radius 2 is 2.05 bits per heavy atom. The first kappa shape index (κ1) is 15.4. The van der Waals surface area contributed by atoms with Crippen LogP contribution in [0.3, 0.4) is 0 Å². The third kappa shape index (κ3) is 3.99. The van der Waals surface area contributed by atoms with Gasteiger partial charge in [-0.1, -0.05) is 12.1 Å². The molecule has 0 aliphatic rings. The lowest BCUT2D eigenvalue weighted by Gasteiger charge is -2.12. The van der Waals surface area contributed by atoms with Gasteiger partial charge in [0.2, 0.25) is 5.88 Å². The second kappa shape index (κ2) is 7.12. The van der Waals surface area contributed by atoms with E-state index in [2.05, 4.69) is 10.3 Å². The van der Waals surface area contributed by atoms with Crippen molar-refractivity contribution in [3.05, 3.63) is 48.0 Å². The molecule has 0 saturated carbocycles. The Morgan fingerprint density at radius 1 is 1.23 bits per heavy atom. The smallest absolute Gasteiger partial charge is 0.328 e. The minimum absolute atomic E-state index is 0.492. The fourth-order valence-corrected chi connectivity index (χ4v) is 1.83. The van der Waals surface area contributed by atoms with Crippen molar-refractivity contribution in [2.24, 2.45) is 0 Å². The number of carbonyl (C=O) groups is 1. The molecule has 0 aliphatic carbocycles. The van der Waals surface area contributed by atoms with Crippen LogP contribution in [0.1, 0.15) is 5.56 Å². The van der Waals surface area contributed by atoms with E-state index in [1.165, 1.54) is 6.08 Å². The third-order valence-electron chi connectivity index (χ3n) is 2.84. The average Bonchev–Trinajstić information content (AvgIpc) is 2.53. The SMILES string of the molecule is COc1cccc(Nc2cc(C=CC(=O)O)ccc2OC)n1. The molecule has 1 heterocycles. The van der Waals surface area contributed by atoms with Gasteiger partial charge in [0.1, 0.15) is 11.6 Å². The summed E-state index contributed by atoms with van der Waals surface area (Å²) in [6.45, 7) is 0. The van der Waals surface area contributed by atoms with E-state index >= 15 is 0 Å². The monoisotopic (exact) mass is 300 g/mol. The van der Waals surface area contributed by atoms with Crippen molar-refractivity contribution in [1.82, 2.24) is 4.98 Å². The van der Waals surface area contributed by atoms with E-state index in [1.54, 1.807) is 44.6 Å². The van der Waals surface area contributed by atoms with Crippen molar-refractivity contribution in [2.45, 2.75) is 0 Å². The average molecular weight is 300 g/mol. The van der Waals surface area contributed by atoms with Crippen LogP contribution in [0.5, 0.6) is 11.6 Å². The van der Waals surface area contributed by atoms with Crippen LogP contribution in [-0.4, -0.2) is 30.3 Å². The van der Waals surface area contributed by atoms with Gasteiger partial charge in [-0.3, -0.25) is 0 Å². The second-order valence-electron chi connectivity index (χ2n) is 4.32. The highest BCUT2D eigenvalue weighted by Gasteiger charge is 2.06. The highest BCUT2D eigenvalue weighted by Crippen LogP contribution is 2.29. The van der Waals surface area contributed by atoms with Gasteiger partial charge < -0.3 is 19.9 Å². The molecule has 0 aliphatic heterocycles. The summed E-state index contributed by atoms with van der Waals surface area (Å²) in [6, 6.07) is 10.6. The number of hydrogen-bond donors (Lipinski definition) is 2. The number of ether oxygens (including phenoxy) is 2. The fourth-order valence-electron chi connectivity index (χ4n) is 1.83. The Morgan fingerprint density at radius 3 is 2.73 bits per heavy atom. The van der Waals surface area contributed by atoms with Gasteiger partial charge in [-0.2, -0.15) is 4.98 Å². The van der Waals surface area contributed by atoms with Crippen molar-refractivity contribution < 1.29 is 19.4 Å². The van der Waals surface area contributed by atoms with Crippen molar-refractivity contribution >= 4 is 23.6 Å².